The second kappa shape index (κ2) is 2.96. The Bertz CT molecular complexity index is 259. The maximum absolute atomic E-state index is 5.50. The highest BCUT2D eigenvalue weighted by atomic mass is 127. The van der Waals surface area contributed by atoms with Crippen molar-refractivity contribution >= 4 is 32.1 Å². The first-order chi connectivity index (χ1) is 4.72. The topological polar surface area (TPSA) is 64.5 Å². The van der Waals surface area contributed by atoms with Crippen molar-refractivity contribution in [2.75, 3.05) is 5.73 Å². The van der Waals surface area contributed by atoms with E-state index >= 15 is 0 Å². The van der Waals surface area contributed by atoms with Gasteiger partial charge < -0.3 is 5.73 Å². The van der Waals surface area contributed by atoms with Crippen LogP contribution >= 0.6 is 22.6 Å². The summed E-state index contributed by atoms with van der Waals surface area (Å²) in [6, 6.07) is 3.64. The van der Waals surface area contributed by atoms with Gasteiger partial charge in [0.2, 0.25) is 3.72 Å². The van der Waals surface area contributed by atoms with Gasteiger partial charge in [-0.3, -0.25) is 0 Å². The molecule has 1 heterocycles. The number of nitrogens with zero attached hydrogens (tertiary/aromatic N) is 1. The van der Waals surface area contributed by atoms with Crippen LogP contribution in [-0.2, 0) is 0 Å². The number of rotatable bonds is 1. The molecule has 1 aromatic rings. The predicted octanol–water partition coefficient (Wildman–Crippen LogP) is -0.395. The molecular weight excluding hydrogens is 241 g/mol. The fourth-order valence-electron chi connectivity index (χ4n) is 0.619. The lowest BCUT2D eigenvalue weighted by Crippen LogP contribution is -2.36. The molecule has 0 radical (unpaired) electrons. The normalized spacial score (nSPS) is 9.30. The van der Waals surface area contributed by atoms with Gasteiger partial charge in [0.15, 0.2) is 0 Å². The van der Waals surface area contributed by atoms with E-state index in [2.05, 4.69) is 4.98 Å². The highest BCUT2D eigenvalue weighted by molar-refractivity contribution is 14.1. The minimum Gasteiger partial charge on any atom is -0.383 e. The third kappa shape index (κ3) is 1.44. The summed E-state index contributed by atoms with van der Waals surface area (Å²) in [6.45, 7) is 0. The average Bonchev–Trinajstić information content (AvgIpc) is 1.88. The number of nitrogens with two attached hydrogens (primary N) is 2. The molecule has 0 aromatic carbocycles. The van der Waals surface area contributed by atoms with Crippen LogP contribution in [0.2, 0.25) is 0 Å². The van der Waals surface area contributed by atoms with E-state index < -0.39 is 0 Å². The third-order valence-corrected chi connectivity index (χ3v) is 1.68. The summed E-state index contributed by atoms with van der Waals surface area (Å²) in [5.41, 5.74) is 6.31. The first-order valence-electron chi connectivity index (χ1n) is 2.70. The molecule has 0 spiro atoms. The van der Waals surface area contributed by atoms with Crippen LogP contribution in [0.4, 0.5) is 5.82 Å². The van der Waals surface area contributed by atoms with E-state index in [1.54, 1.807) is 12.3 Å². The summed E-state index contributed by atoms with van der Waals surface area (Å²) in [6.07, 6.45) is 1.64. The second-order valence-corrected chi connectivity index (χ2v) is 2.95. The molecule has 4 N–H and O–H groups in total. The van der Waals surface area contributed by atoms with Crippen molar-refractivity contribution in [3.05, 3.63) is 23.9 Å². The number of hydrogen-bond donors (Lipinski definition) is 2. The maximum Gasteiger partial charge on any atom is 0.243 e. The van der Waals surface area contributed by atoms with Crippen LogP contribution in [0, 0.1) is 0 Å². The molecule has 0 atom stereocenters. The fraction of sp³-hybridized carbons (Fsp3) is 0. The summed E-state index contributed by atoms with van der Waals surface area (Å²) < 4.78 is 0.670. The molecule has 1 aromatic heterocycles. The minimum absolute atomic E-state index is 0.481. The summed E-state index contributed by atoms with van der Waals surface area (Å²) in [5.74, 6) is 0.481. The molecule has 0 saturated carbocycles. The van der Waals surface area contributed by atoms with Crippen molar-refractivity contribution in [3.8, 4) is 0 Å². The lowest BCUT2D eigenvalue weighted by Gasteiger charge is -1.94. The third-order valence-electron chi connectivity index (χ3n) is 1.10. The van der Waals surface area contributed by atoms with Gasteiger partial charge in [-0.1, -0.05) is 0 Å². The number of aromatic nitrogens is 1. The van der Waals surface area contributed by atoms with Gasteiger partial charge in [0.25, 0.3) is 0 Å². The quantitative estimate of drug-likeness (QED) is 0.525. The molecule has 0 saturated heterocycles. The molecule has 3 nitrogen and oxygen atoms in total. The Hall–Kier alpha value is -0.650. The van der Waals surface area contributed by atoms with E-state index in [1.165, 1.54) is 0 Å². The maximum atomic E-state index is 5.50. The van der Waals surface area contributed by atoms with Crippen LogP contribution in [0.5, 0.6) is 0 Å². The SMILES string of the molecule is Nc1ncccc1C(=[NH2+])I. The Morgan fingerprint density at radius 3 is 2.80 bits per heavy atom. The van der Waals surface area contributed by atoms with Crippen molar-refractivity contribution in [2.45, 2.75) is 0 Å². The zero-order valence-corrected chi connectivity index (χ0v) is 7.37. The molecule has 0 aliphatic rings. The lowest BCUT2D eigenvalue weighted by molar-refractivity contribution is -0.106. The zero-order chi connectivity index (χ0) is 7.56. The molecule has 1 rings (SSSR count). The van der Waals surface area contributed by atoms with E-state index in [1.807, 2.05) is 28.7 Å². The highest BCUT2D eigenvalue weighted by Crippen LogP contribution is 2.08. The molecule has 0 amide bonds. The smallest absolute Gasteiger partial charge is 0.243 e. The van der Waals surface area contributed by atoms with E-state index in [0.717, 1.165) is 5.56 Å². The Labute approximate surface area is 72.3 Å². The molecule has 10 heavy (non-hydrogen) atoms. The number of hydrogen-bond acceptors (Lipinski definition) is 2. The van der Waals surface area contributed by atoms with E-state index in [9.17, 15) is 0 Å². The van der Waals surface area contributed by atoms with Crippen molar-refractivity contribution < 1.29 is 5.41 Å². The van der Waals surface area contributed by atoms with Crippen molar-refractivity contribution in [2.24, 2.45) is 0 Å². The molecule has 0 aliphatic heterocycles. The lowest BCUT2D eigenvalue weighted by atomic mass is 10.3. The number of anilines is 1. The Kier molecular flexibility index (Phi) is 2.21. The monoisotopic (exact) mass is 248 g/mol. The Morgan fingerprint density at radius 2 is 2.40 bits per heavy atom. The number of halogens is 1. The van der Waals surface area contributed by atoms with Gasteiger partial charge >= 0.3 is 0 Å². The second-order valence-electron chi connectivity index (χ2n) is 1.78. The number of pyridine rings is 1. The van der Waals surface area contributed by atoms with Crippen LogP contribution < -0.4 is 11.1 Å². The predicted molar refractivity (Wildman–Crippen MR) is 48.7 cm³/mol. The van der Waals surface area contributed by atoms with Crippen LogP contribution in [0.1, 0.15) is 5.56 Å². The average molecular weight is 248 g/mol. The van der Waals surface area contributed by atoms with Gasteiger partial charge in [0, 0.05) is 28.8 Å². The van der Waals surface area contributed by atoms with Gasteiger partial charge in [0.1, 0.15) is 5.82 Å². The molecule has 0 unspecified atom stereocenters. The van der Waals surface area contributed by atoms with Gasteiger partial charge in [-0.15, -0.1) is 0 Å². The minimum atomic E-state index is 0.481. The van der Waals surface area contributed by atoms with Crippen LogP contribution in [0.3, 0.4) is 0 Å². The van der Waals surface area contributed by atoms with Crippen molar-refractivity contribution in [3.63, 3.8) is 0 Å². The van der Waals surface area contributed by atoms with Gasteiger partial charge in [0.05, 0.1) is 5.56 Å². The molecule has 0 bridgehead atoms. The largest absolute Gasteiger partial charge is 0.383 e. The summed E-state index contributed by atoms with van der Waals surface area (Å²) in [5, 5.41) is 5.50. The van der Waals surface area contributed by atoms with Crippen LogP contribution in [0.25, 0.3) is 0 Å². The highest BCUT2D eigenvalue weighted by Gasteiger charge is 2.05. The van der Waals surface area contributed by atoms with Gasteiger partial charge in [-0.05, 0) is 12.1 Å². The molecular formula is C6H7IN3+. The van der Waals surface area contributed by atoms with E-state index in [-0.39, 0.29) is 0 Å². The van der Waals surface area contributed by atoms with Crippen molar-refractivity contribution in [1.82, 2.24) is 4.98 Å². The molecule has 4 heteroatoms. The summed E-state index contributed by atoms with van der Waals surface area (Å²) >= 11 is 2.01. The molecule has 52 valence electrons. The zero-order valence-electron chi connectivity index (χ0n) is 5.21. The number of nitrogen functional groups attached to an aromatic ring is 1. The first kappa shape index (κ1) is 7.46. The Morgan fingerprint density at radius 1 is 1.70 bits per heavy atom. The summed E-state index contributed by atoms with van der Waals surface area (Å²) in [7, 11) is 0. The summed E-state index contributed by atoms with van der Waals surface area (Å²) in [4.78, 5) is 3.87. The molecule has 0 aliphatic carbocycles. The van der Waals surface area contributed by atoms with Crippen LogP contribution in [-0.4, -0.2) is 8.70 Å². The van der Waals surface area contributed by atoms with E-state index in [4.69, 9.17) is 11.1 Å². The first-order valence-corrected chi connectivity index (χ1v) is 3.78. The van der Waals surface area contributed by atoms with Crippen LogP contribution in [0.15, 0.2) is 18.3 Å². The molecule has 0 fully saturated rings. The van der Waals surface area contributed by atoms with Gasteiger partial charge in [-0.25, -0.2) is 10.4 Å². The Balaban J connectivity index is 3.15. The standard InChI is InChI=1S/C6H6IN3/c7-5(8)4-2-1-3-10-6(4)9/h1-3,8H,(H2,9,10)/p+1. The van der Waals surface area contributed by atoms with Gasteiger partial charge in [-0.2, -0.15) is 0 Å². The fourth-order valence-corrected chi connectivity index (χ4v) is 1.08. The van der Waals surface area contributed by atoms with Crippen molar-refractivity contribution in [1.29, 1.82) is 0 Å². The van der Waals surface area contributed by atoms with E-state index in [0.29, 0.717) is 9.54 Å².